The van der Waals surface area contributed by atoms with Crippen molar-refractivity contribution in [2.45, 2.75) is 145 Å². The van der Waals surface area contributed by atoms with Gasteiger partial charge in [0.15, 0.2) is 0 Å². The smallest absolute Gasteiger partial charge is 0.305 e. The first-order chi connectivity index (χ1) is 46.4. The summed E-state index contributed by atoms with van der Waals surface area (Å²) in [6.45, 7) is 3.17. The molecule has 1 saturated heterocycles. The number of benzene rings is 4. The zero-order chi connectivity index (χ0) is 69.5. The number of methoxy groups -OCH3 is 1. The number of carboxylic acid groups (broad SMARTS) is 1. The molecule has 0 unspecified atom stereocenters. The van der Waals surface area contributed by atoms with Crippen LogP contribution in [0.4, 0.5) is 8.78 Å². The van der Waals surface area contributed by atoms with Gasteiger partial charge in [-0.15, -0.1) is 0 Å². The Balaban J connectivity index is 1.06. The van der Waals surface area contributed by atoms with Crippen LogP contribution in [0.2, 0.25) is 0 Å². The molecule has 27 nitrogen and oxygen atoms in total. The van der Waals surface area contributed by atoms with Crippen LogP contribution >= 0.6 is 0 Å². The lowest BCUT2D eigenvalue weighted by Gasteiger charge is -2.37. The number of halogens is 2. The Morgan fingerprint density at radius 1 is 0.670 bits per heavy atom. The fraction of sp³-hybridized carbons (Fsp3) is 0.382. The highest BCUT2D eigenvalue weighted by molar-refractivity contribution is 6.01. The fourth-order valence-corrected chi connectivity index (χ4v) is 12.0. The molecule has 3 aromatic heterocycles. The molecular weight excluding hydrogens is 1260 g/mol. The van der Waals surface area contributed by atoms with E-state index in [-0.39, 0.29) is 58.0 Å². The van der Waals surface area contributed by atoms with Crippen LogP contribution in [-0.4, -0.2) is 163 Å². The van der Waals surface area contributed by atoms with Gasteiger partial charge < -0.3 is 78.0 Å². The monoisotopic (exact) mass is 1340 g/mol. The first kappa shape index (κ1) is 70.3. The van der Waals surface area contributed by atoms with E-state index in [1.54, 1.807) is 48.5 Å². The van der Waals surface area contributed by atoms with Crippen LogP contribution < -0.4 is 53.0 Å². The third-order valence-electron chi connectivity index (χ3n) is 17.5. The molecule has 0 saturated carbocycles. The van der Waals surface area contributed by atoms with Gasteiger partial charge >= 0.3 is 5.97 Å². The van der Waals surface area contributed by atoms with Crippen molar-refractivity contribution in [1.29, 1.82) is 0 Å². The average Bonchev–Trinajstić information content (AvgIpc) is 1.70. The number of aryl methyl sites for hydroxylation is 1. The fourth-order valence-electron chi connectivity index (χ4n) is 12.0. The number of carbonyl (C=O) groups is 11. The van der Waals surface area contributed by atoms with E-state index >= 15 is 14.4 Å². The molecule has 3 aliphatic heterocycles. The minimum atomic E-state index is -1.99. The van der Waals surface area contributed by atoms with E-state index < -0.39 is 137 Å². The van der Waals surface area contributed by atoms with Gasteiger partial charge in [-0.3, -0.25) is 52.7 Å². The van der Waals surface area contributed by atoms with Gasteiger partial charge in [-0.2, -0.15) is 0 Å². The summed E-state index contributed by atoms with van der Waals surface area (Å²) in [7, 11) is 1.46. The maximum absolute atomic E-state index is 15.3. The van der Waals surface area contributed by atoms with Crippen LogP contribution in [0.1, 0.15) is 104 Å². The van der Waals surface area contributed by atoms with Gasteiger partial charge in [-0.25, -0.2) is 13.8 Å². The Bertz CT molecular complexity index is 4050. The van der Waals surface area contributed by atoms with Crippen molar-refractivity contribution in [3.63, 3.8) is 0 Å². The number of ether oxygens (including phenoxy) is 1. The number of rotatable bonds is 13. The molecule has 7 aromatic rings. The average molecular weight is 1340 g/mol. The van der Waals surface area contributed by atoms with Crippen molar-refractivity contribution in [2.24, 2.45) is 5.73 Å². The van der Waals surface area contributed by atoms with E-state index in [4.69, 9.17) is 10.5 Å². The Morgan fingerprint density at radius 3 is 1.98 bits per heavy atom. The third-order valence-corrected chi connectivity index (χ3v) is 17.5. The lowest BCUT2D eigenvalue weighted by atomic mass is 9.94. The Labute approximate surface area is 555 Å². The highest BCUT2D eigenvalue weighted by Crippen LogP contribution is 2.32. The molecule has 0 radical (unpaired) electrons. The van der Waals surface area contributed by atoms with Gasteiger partial charge in [0.05, 0.1) is 19.9 Å². The molecule has 0 aliphatic carbocycles. The normalized spacial score (nSPS) is 22.9. The largest absolute Gasteiger partial charge is 0.497 e. The van der Waals surface area contributed by atoms with Crippen LogP contribution in [0.5, 0.6) is 5.75 Å². The molecule has 8 atom stereocenters. The maximum atomic E-state index is 15.3. The molecule has 512 valence electrons. The Kier molecular flexibility index (Phi) is 23.2. The molecule has 3 aliphatic rings. The number of nitrogens with two attached hydrogens (primary N) is 1. The zero-order valence-electron chi connectivity index (χ0n) is 53.6. The molecular formula is C68H78F2N14O13. The van der Waals surface area contributed by atoms with Crippen molar-refractivity contribution >= 4 is 86.8 Å². The van der Waals surface area contributed by atoms with Gasteiger partial charge in [-0.1, -0.05) is 30.7 Å². The zero-order valence-corrected chi connectivity index (χ0v) is 53.6. The first-order valence-corrected chi connectivity index (χ1v) is 31.9. The summed E-state index contributed by atoms with van der Waals surface area (Å²) in [5.41, 5.74) is 7.57. The number of amides is 10. The quantitative estimate of drug-likeness (QED) is 0.0739. The number of carbonyl (C=O) groups excluding carboxylic acids is 10. The Morgan fingerprint density at radius 2 is 1.30 bits per heavy atom. The molecule has 1 fully saturated rings. The standard InChI is InChI=1S/C68H78F2N14O13/c1-37-60(89)79-53(29-42-34-74-49-21-16-43(69)30-48(42)49)63(92)80-54(28-41-33-75-51-31-44(70)15-20-47(41)51)64(93)81-55(32-58(86)87)65(94)78-50(22-17-45-35-72-36-76-45)62(91)82-56(27-39-11-18-46(97-3)19-12-39)66(95)84-25-7-23-68(84,2)67(96)83-52(59(71)88)26-38-9-13-40(14-10-38)61(90)73-24-6-4-5-8-57(85)77-37/h9-16,18-21,30-31,33-37,50,52-56,74-75H,4-8,17,22-29,32H2,1-3H3,(H2,71,88)(H,72,76)(H,73,90)(H,77,85)(H,78,94)(H,79,89)(H,80,92)(H,81,93)(H,82,91)(H,83,96)(H,86,87)/t37-,50+,52+,53+,54+,55+,56+,68+/m1/s1. The van der Waals surface area contributed by atoms with E-state index in [9.17, 15) is 52.2 Å². The van der Waals surface area contributed by atoms with Crippen molar-refractivity contribution < 1.29 is 71.4 Å². The van der Waals surface area contributed by atoms with Crippen molar-refractivity contribution in [2.75, 3.05) is 20.2 Å². The highest BCUT2D eigenvalue weighted by atomic mass is 19.1. The van der Waals surface area contributed by atoms with E-state index in [2.05, 4.69) is 62.5 Å². The number of hydrogen-bond donors (Lipinski definition) is 13. The van der Waals surface area contributed by atoms with Crippen LogP contribution in [0.25, 0.3) is 21.8 Å². The van der Waals surface area contributed by atoms with Gasteiger partial charge in [0.2, 0.25) is 53.2 Å². The SMILES string of the molecule is COc1ccc(C[C@@H]2NC(=O)[C@H](CCc3cnc[nH]3)NC(=O)[C@H](CC(=O)O)NC(=O)[C@H](Cc3c[nH]c4cc(F)ccc34)NC(=O)[C@H](Cc3c[nH]c4ccc(F)cc34)NC(=O)[C@@H](C)NC(=O)CCCCCNC(=O)c3ccc(cc3)C[C@@H](C(N)=O)NC(=O)[C@]3(C)CCCN3C2=O)cc1. The Hall–Kier alpha value is -11.0. The summed E-state index contributed by atoms with van der Waals surface area (Å²) in [6.07, 6.45) is 5.26. The third kappa shape index (κ3) is 18.3. The van der Waals surface area contributed by atoms with Crippen molar-refractivity contribution in [3.05, 3.63) is 155 Å². The second-order valence-electron chi connectivity index (χ2n) is 24.5. The van der Waals surface area contributed by atoms with Gasteiger partial charge in [-0.05, 0) is 135 Å². The molecule has 4 aromatic carbocycles. The summed E-state index contributed by atoms with van der Waals surface area (Å²) >= 11 is 0. The van der Waals surface area contributed by atoms with Crippen LogP contribution in [-0.2, 0) is 80.0 Å². The predicted octanol–water partition coefficient (Wildman–Crippen LogP) is 2.62. The second kappa shape index (κ2) is 32.0. The topological polar surface area (TPSA) is 403 Å². The molecule has 2 bridgehead atoms. The maximum Gasteiger partial charge on any atom is 0.305 e. The van der Waals surface area contributed by atoms with Crippen LogP contribution in [0.3, 0.4) is 0 Å². The number of carboxylic acids is 1. The molecule has 10 amide bonds. The molecule has 10 rings (SSSR count). The lowest BCUT2D eigenvalue weighted by molar-refractivity contribution is -0.147. The molecule has 0 spiro atoms. The van der Waals surface area contributed by atoms with Crippen LogP contribution in [0.15, 0.2) is 110 Å². The summed E-state index contributed by atoms with van der Waals surface area (Å²) in [5, 5.41) is 32.5. The summed E-state index contributed by atoms with van der Waals surface area (Å²) < 4.78 is 34.7. The van der Waals surface area contributed by atoms with Crippen LogP contribution in [0, 0.1) is 11.6 Å². The van der Waals surface area contributed by atoms with E-state index in [0.717, 1.165) is 0 Å². The molecule has 29 heteroatoms. The van der Waals surface area contributed by atoms with Gasteiger partial charge in [0.25, 0.3) is 5.91 Å². The van der Waals surface area contributed by atoms with E-state index in [0.29, 0.717) is 86.7 Å². The number of hydrogen-bond acceptors (Lipinski definition) is 13. The molecule has 14 N–H and O–H groups in total. The number of aromatic nitrogens is 4. The minimum absolute atomic E-state index is 0.0241. The lowest BCUT2D eigenvalue weighted by Crippen LogP contribution is -2.63. The number of nitrogens with zero attached hydrogens (tertiary/aromatic N) is 2. The molecule has 97 heavy (non-hydrogen) atoms. The number of aliphatic carboxylic acids is 1. The van der Waals surface area contributed by atoms with Crippen molar-refractivity contribution in [3.8, 4) is 5.75 Å². The summed E-state index contributed by atoms with van der Waals surface area (Å²) in [4.78, 5) is 170. The number of nitrogens with one attached hydrogen (secondary N) is 11. The number of fused-ring (bicyclic) bond motifs is 32. The predicted molar refractivity (Wildman–Crippen MR) is 348 cm³/mol. The number of aromatic amines is 3. The van der Waals surface area contributed by atoms with E-state index in [1.165, 1.54) is 87.2 Å². The first-order valence-electron chi connectivity index (χ1n) is 31.9. The van der Waals surface area contributed by atoms with Crippen molar-refractivity contribution in [1.82, 2.24) is 67.4 Å². The van der Waals surface area contributed by atoms with E-state index in [1.807, 2.05) is 0 Å². The number of primary amides is 1. The second-order valence-corrected chi connectivity index (χ2v) is 24.5. The highest BCUT2D eigenvalue weighted by Gasteiger charge is 2.48. The molecule has 6 heterocycles. The summed E-state index contributed by atoms with van der Waals surface area (Å²) in [5.74, 6) is -10.7. The summed E-state index contributed by atoms with van der Waals surface area (Å²) in [6, 6.07) is 9.68. The number of imidazole rings is 1. The minimum Gasteiger partial charge on any atom is -0.497 e. The number of H-pyrrole nitrogens is 3. The van der Waals surface area contributed by atoms with Gasteiger partial charge in [0, 0.05) is 96.8 Å². The van der Waals surface area contributed by atoms with Gasteiger partial charge in [0.1, 0.15) is 65.2 Å².